The maximum Gasteiger partial charge on any atom is 0.255 e. The number of hydrogen-bond donors (Lipinski definition) is 3. The molecule has 9 rings (SSSR count). The van der Waals surface area contributed by atoms with Gasteiger partial charge in [0.25, 0.3) is 11.8 Å². The van der Waals surface area contributed by atoms with E-state index in [2.05, 4.69) is 76.1 Å². The van der Waals surface area contributed by atoms with Crippen LogP contribution in [0.4, 0.5) is 23.1 Å². The number of fused-ring (bicyclic) bond motifs is 3. The highest BCUT2D eigenvalue weighted by atomic mass is 16.2. The van der Waals surface area contributed by atoms with Crippen LogP contribution in [0.5, 0.6) is 0 Å². The molecule has 1 unspecified atom stereocenters. The summed E-state index contributed by atoms with van der Waals surface area (Å²) in [4.78, 5) is 54.9. The summed E-state index contributed by atoms with van der Waals surface area (Å²) in [5.41, 5.74) is 9.78. The molecule has 3 aromatic carbocycles. The van der Waals surface area contributed by atoms with Crippen LogP contribution in [0.2, 0.25) is 0 Å². The molecule has 4 aliphatic rings. The number of carbonyl (C=O) groups excluding carboxylic acids is 3. The average Bonchev–Trinajstić information content (AvgIpc) is 3.70. The summed E-state index contributed by atoms with van der Waals surface area (Å²) >= 11 is 0. The molecule has 3 N–H and O–H groups in total. The summed E-state index contributed by atoms with van der Waals surface area (Å²) in [7, 11) is 1.90. The zero-order chi connectivity index (χ0) is 38.5. The fraction of sp³-hybridized carbons (Fsp3) is 0.395. The Morgan fingerprint density at radius 3 is 2.54 bits per heavy atom. The fourth-order valence-electron chi connectivity index (χ4n) is 8.95. The number of nitrogens with one attached hydrogen (secondary N) is 3. The SMILES string of the molecule is Cc1cccc(C)c1Nc1nn(C)c2nc(Nc3ccc4c(c3)CN(CC3CCN(C(=O)c5ccc6c(c5)CN(C5CCCNC5=O)C6=O)CC3)CC4)ncc12. The van der Waals surface area contributed by atoms with E-state index in [1.165, 1.54) is 11.1 Å². The number of amides is 3. The van der Waals surface area contributed by atoms with Crippen molar-refractivity contribution in [3.05, 3.63) is 99.7 Å². The molecule has 2 aromatic heterocycles. The number of nitrogens with zero attached hydrogens (tertiary/aromatic N) is 7. The first-order valence-corrected chi connectivity index (χ1v) is 19.8. The lowest BCUT2D eigenvalue weighted by molar-refractivity contribution is -0.127. The number of piperidine rings is 2. The van der Waals surface area contributed by atoms with Crippen LogP contribution in [-0.4, -0.2) is 90.9 Å². The quantitative estimate of drug-likeness (QED) is 0.185. The van der Waals surface area contributed by atoms with Crippen molar-refractivity contribution < 1.29 is 14.4 Å². The van der Waals surface area contributed by atoms with Crippen molar-refractivity contribution in [3.63, 3.8) is 0 Å². The van der Waals surface area contributed by atoms with E-state index < -0.39 is 6.04 Å². The van der Waals surface area contributed by atoms with Gasteiger partial charge in [0, 0.05) is 81.6 Å². The lowest BCUT2D eigenvalue weighted by atomic mass is 9.93. The van der Waals surface area contributed by atoms with E-state index in [0.717, 1.165) is 103 Å². The second kappa shape index (κ2) is 14.7. The van der Waals surface area contributed by atoms with Gasteiger partial charge in [0.1, 0.15) is 6.04 Å². The molecule has 2 saturated heterocycles. The molecule has 6 heterocycles. The van der Waals surface area contributed by atoms with Crippen LogP contribution < -0.4 is 16.0 Å². The Morgan fingerprint density at radius 1 is 0.911 bits per heavy atom. The predicted molar refractivity (Wildman–Crippen MR) is 215 cm³/mol. The van der Waals surface area contributed by atoms with E-state index in [9.17, 15) is 14.4 Å². The van der Waals surface area contributed by atoms with Crippen LogP contribution in [0.25, 0.3) is 11.0 Å². The molecule has 0 radical (unpaired) electrons. The second-order valence-electron chi connectivity index (χ2n) is 15.9. The fourth-order valence-corrected chi connectivity index (χ4v) is 8.95. The minimum absolute atomic E-state index is 0.0143. The Labute approximate surface area is 326 Å². The zero-order valence-electron chi connectivity index (χ0n) is 32.3. The van der Waals surface area contributed by atoms with E-state index in [1.54, 1.807) is 21.7 Å². The molecule has 1 atom stereocenters. The Hall–Kier alpha value is -5.82. The monoisotopic (exact) mass is 752 g/mol. The number of aryl methyl sites for hydroxylation is 3. The van der Waals surface area contributed by atoms with Gasteiger partial charge in [-0.25, -0.2) is 9.67 Å². The van der Waals surface area contributed by atoms with Crippen LogP contribution in [-0.2, 0) is 31.4 Å². The standard InChI is InChI=1S/C43H48N10O3/c1-26-6-4-7-27(2)37(26)47-38-35-22-45-43(48-39(35)50(3)49-38)46-33-11-9-29-15-17-51(24-31(29)21-33)23-28-13-18-52(19-14-28)41(55)30-10-12-34-32(20-30)25-53(42(34)56)36-8-5-16-44-40(36)54/h4,6-7,9-12,20-22,28,36H,5,8,13-19,23-25H2,1-3H3,(H,44,54)(H,47,49)(H,45,46,48). The van der Waals surface area contributed by atoms with Crippen LogP contribution in [0.1, 0.15) is 74.2 Å². The summed E-state index contributed by atoms with van der Waals surface area (Å²) < 4.78 is 1.79. The molecule has 13 heteroatoms. The van der Waals surface area contributed by atoms with E-state index in [0.29, 0.717) is 42.5 Å². The van der Waals surface area contributed by atoms with Crippen molar-refractivity contribution in [3.8, 4) is 0 Å². The third-order valence-corrected chi connectivity index (χ3v) is 12.1. The molecule has 3 amide bonds. The lowest BCUT2D eigenvalue weighted by Crippen LogP contribution is -2.50. The smallest absolute Gasteiger partial charge is 0.255 e. The summed E-state index contributed by atoms with van der Waals surface area (Å²) in [5, 5.41) is 15.4. The molecule has 56 heavy (non-hydrogen) atoms. The molecule has 13 nitrogen and oxygen atoms in total. The largest absolute Gasteiger partial charge is 0.354 e. The summed E-state index contributed by atoms with van der Waals surface area (Å²) in [6.45, 7) is 9.54. The van der Waals surface area contributed by atoms with Crippen LogP contribution in [0.3, 0.4) is 0 Å². The van der Waals surface area contributed by atoms with Crippen LogP contribution >= 0.6 is 0 Å². The highest BCUT2D eigenvalue weighted by Crippen LogP contribution is 2.32. The minimum atomic E-state index is -0.441. The van der Waals surface area contributed by atoms with Gasteiger partial charge in [-0.15, -0.1) is 0 Å². The van der Waals surface area contributed by atoms with Gasteiger partial charge in [-0.3, -0.25) is 19.3 Å². The molecule has 0 saturated carbocycles. The summed E-state index contributed by atoms with van der Waals surface area (Å²) in [6, 6.07) is 17.7. The van der Waals surface area contributed by atoms with Crippen LogP contribution in [0.15, 0.2) is 60.8 Å². The van der Waals surface area contributed by atoms with Gasteiger partial charge < -0.3 is 25.8 Å². The molecule has 0 bridgehead atoms. The highest BCUT2D eigenvalue weighted by molar-refractivity contribution is 6.03. The Kier molecular flexibility index (Phi) is 9.40. The van der Waals surface area contributed by atoms with Gasteiger partial charge in [-0.05, 0) is 110 Å². The minimum Gasteiger partial charge on any atom is -0.354 e. The van der Waals surface area contributed by atoms with Gasteiger partial charge in [0.15, 0.2) is 11.5 Å². The second-order valence-corrected chi connectivity index (χ2v) is 15.9. The molecular weight excluding hydrogens is 705 g/mol. The van der Waals surface area contributed by atoms with Crippen molar-refractivity contribution in [2.24, 2.45) is 13.0 Å². The zero-order valence-corrected chi connectivity index (χ0v) is 32.3. The van der Waals surface area contributed by atoms with Crippen molar-refractivity contribution in [2.75, 3.05) is 43.4 Å². The Morgan fingerprint density at radius 2 is 1.73 bits per heavy atom. The van der Waals surface area contributed by atoms with Gasteiger partial charge in [0.2, 0.25) is 11.9 Å². The Bertz CT molecular complexity index is 2340. The normalized spacial score (nSPS) is 18.9. The maximum absolute atomic E-state index is 13.6. The van der Waals surface area contributed by atoms with Crippen molar-refractivity contribution in [2.45, 2.75) is 65.1 Å². The topological polar surface area (TPSA) is 141 Å². The number of para-hydroxylation sites is 1. The highest BCUT2D eigenvalue weighted by Gasteiger charge is 2.38. The van der Waals surface area contributed by atoms with Crippen molar-refractivity contribution in [1.29, 1.82) is 0 Å². The summed E-state index contributed by atoms with van der Waals surface area (Å²) in [5.74, 6) is 1.58. The molecular formula is C43H48N10O3. The van der Waals surface area contributed by atoms with Gasteiger partial charge in [0.05, 0.1) is 5.39 Å². The number of anilines is 4. The maximum atomic E-state index is 13.6. The van der Waals surface area contributed by atoms with Crippen molar-refractivity contribution >= 4 is 51.9 Å². The number of hydrogen-bond acceptors (Lipinski definition) is 9. The molecule has 288 valence electrons. The number of likely N-dealkylation sites (tertiary alicyclic amines) is 1. The molecule has 2 fully saturated rings. The number of aromatic nitrogens is 4. The van der Waals surface area contributed by atoms with E-state index in [1.807, 2.05) is 24.2 Å². The van der Waals surface area contributed by atoms with Crippen LogP contribution in [0, 0.1) is 19.8 Å². The van der Waals surface area contributed by atoms with E-state index in [-0.39, 0.29) is 17.7 Å². The van der Waals surface area contributed by atoms with Gasteiger partial charge in [-0.2, -0.15) is 10.1 Å². The Balaban J connectivity index is 0.796. The van der Waals surface area contributed by atoms with Gasteiger partial charge in [-0.1, -0.05) is 24.3 Å². The first kappa shape index (κ1) is 35.9. The first-order chi connectivity index (χ1) is 27.2. The van der Waals surface area contributed by atoms with E-state index in [4.69, 9.17) is 10.1 Å². The number of benzene rings is 3. The third kappa shape index (κ3) is 6.84. The molecule has 0 aliphatic carbocycles. The lowest BCUT2D eigenvalue weighted by Gasteiger charge is -2.36. The predicted octanol–water partition coefficient (Wildman–Crippen LogP) is 5.61. The average molecular weight is 753 g/mol. The van der Waals surface area contributed by atoms with Gasteiger partial charge >= 0.3 is 0 Å². The first-order valence-electron chi connectivity index (χ1n) is 19.8. The molecule has 5 aromatic rings. The summed E-state index contributed by atoms with van der Waals surface area (Å²) in [6.07, 6.45) is 6.28. The third-order valence-electron chi connectivity index (χ3n) is 12.1. The number of rotatable bonds is 8. The molecule has 0 spiro atoms. The molecule has 4 aliphatic heterocycles. The van der Waals surface area contributed by atoms with Crippen molar-refractivity contribution in [1.82, 2.24) is 39.8 Å². The van der Waals surface area contributed by atoms with E-state index >= 15 is 0 Å². The number of carbonyl (C=O) groups is 3.